The minimum Gasteiger partial charge on any atom is -0.349 e. The zero-order valence-electron chi connectivity index (χ0n) is 12.8. The Balaban J connectivity index is 2.27. The Morgan fingerprint density at radius 3 is 2.50 bits per heavy atom. The molecule has 0 saturated carbocycles. The van der Waals surface area contributed by atoms with Gasteiger partial charge in [0.25, 0.3) is 0 Å². The molecule has 1 rings (SSSR count). The molecule has 2 nitrogen and oxygen atoms in total. The monoisotopic (exact) mass is 250 g/mol. The normalized spacial score (nSPS) is 11.4. The molecule has 0 saturated heterocycles. The number of nitrogens with zero attached hydrogens (tertiary/aromatic N) is 1. The van der Waals surface area contributed by atoms with Crippen molar-refractivity contribution in [2.24, 2.45) is 5.92 Å². The SMILES string of the molecule is CCn1c(C)cc(CNCCCCC(C)C)c1C. The fourth-order valence-electron chi connectivity index (χ4n) is 2.56. The van der Waals surface area contributed by atoms with E-state index >= 15 is 0 Å². The van der Waals surface area contributed by atoms with Gasteiger partial charge in [-0.05, 0) is 51.3 Å². The van der Waals surface area contributed by atoms with Crippen LogP contribution in [0, 0.1) is 19.8 Å². The molecule has 1 heterocycles. The van der Waals surface area contributed by atoms with Gasteiger partial charge in [-0.3, -0.25) is 0 Å². The van der Waals surface area contributed by atoms with Crippen molar-refractivity contribution in [3.05, 3.63) is 23.0 Å². The average molecular weight is 250 g/mol. The van der Waals surface area contributed by atoms with Crippen LogP contribution in [-0.2, 0) is 13.1 Å². The van der Waals surface area contributed by atoms with Crippen molar-refractivity contribution in [3.8, 4) is 0 Å². The Morgan fingerprint density at radius 1 is 1.22 bits per heavy atom. The van der Waals surface area contributed by atoms with Crippen LogP contribution in [0.15, 0.2) is 6.07 Å². The first-order chi connectivity index (χ1) is 8.56. The minimum absolute atomic E-state index is 0.841. The maximum atomic E-state index is 3.57. The number of aromatic nitrogens is 1. The van der Waals surface area contributed by atoms with Gasteiger partial charge in [-0.2, -0.15) is 0 Å². The van der Waals surface area contributed by atoms with Crippen molar-refractivity contribution in [1.82, 2.24) is 9.88 Å². The van der Waals surface area contributed by atoms with Crippen molar-refractivity contribution < 1.29 is 0 Å². The second-order valence-corrected chi connectivity index (χ2v) is 5.71. The Morgan fingerprint density at radius 2 is 1.94 bits per heavy atom. The summed E-state index contributed by atoms with van der Waals surface area (Å²) in [4.78, 5) is 0. The predicted octanol–water partition coefficient (Wildman–Crippen LogP) is 4.04. The van der Waals surface area contributed by atoms with Crippen LogP contribution in [0.2, 0.25) is 0 Å². The molecule has 0 radical (unpaired) electrons. The van der Waals surface area contributed by atoms with E-state index in [0.29, 0.717) is 0 Å². The number of unbranched alkanes of at least 4 members (excludes halogenated alkanes) is 1. The van der Waals surface area contributed by atoms with Gasteiger partial charge in [0.2, 0.25) is 0 Å². The summed E-state index contributed by atoms with van der Waals surface area (Å²) >= 11 is 0. The molecule has 0 unspecified atom stereocenters. The molecular formula is C16H30N2. The van der Waals surface area contributed by atoms with E-state index in [-0.39, 0.29) is 0 Å². The van der Waals surface area contributed by atoms with Crippen LogP contribution in [0.4, 0.5) is 0 Å². The van der Waals surface area contributed by atoms with E-state index in [1.54, 1.807) is 0 Å². The van der Waals surface area contributed by atoms with E-state index in [9.17, 15) is 0 Å². The number of aryl methyl sites for hydroxylation is 1. The molecule has 18 heavy (non-hydrogen) atoms. The Kier molecular flexibility index (Phi) is 6.48. The Bertz CT molecular complexity index is 350. The molecule has 0 fully saturated rings. The van der Waals surface area contributed by atoms with Gasteiger partial charge in [0.05, 0.1) is 0 Å². The van der Waals surface area contributed by atoms with E-state index in [1.165, 1.54) is 36.2 Å². The van der Waals surface area contributed by atoms with Crippen LogP contribution < -0.4 is 5.32 Å². The van der Waals surface area contributed by atoms with Crippen LogP contribution >= 0.6 is 0 Å². The highest BCUT2D eigenvalue weighted by Gasteiger charge is 2.06. The maximum absolute atomic E-state index is 3.57. The number of hydrogen-bond acceptors (Lipinski definition) is 1. The molecule has 0 spiro atoms. The van der Waals surface area contributed by atoms with Crippen molar-refractivity contribution >= 4 is 0 Å². The quantitative estimate of drug-likeness (QED) is 0.689. The highest BCUT2D eigenvalue weighted by molar-refractivity contribution is 5.26. The van der Waals surface area contributed by atoms with Crippen LogP contribution in [-0.4, -0.2) is 11.1 Å². The number of hydrogen-bond donors (Lipinski definition) is 1. The lowest BCUT2D eigenvalue weighted by molar-refractivity contribution is 0.520. The molecule has 1 aromatic rings. The summed E-state index contributed by atoms with van der Waals surface area (Å²) < 4.78 is 2.38. The third-order valence-corrected chi connectivity index (χ3v) is 3.70. The topological polar surface area (TPSA) is 17.0 Å². The second kappa shape index (κ2) is 7.63. The van der Waals surface area contributed by atoms with Gasteiger partial charge in [0.1, 0.15) is 0 Å². The van der Waals surface area contributed by atoms with Gasteiger partial charge in [-0.1, -0.05) is 26.7 Å². The highest BCUT2D eigenvalue weighted by Crippen LogP contribution is 2.14. The molecule has 0 aromatic carbocycles. The Hall–Kier alpha value is -0.760. The lowest BCUT2D eigenvalue weighted by Crippen LogP contribution is -2.15. The van der Waals surface area contributed by atoms with Gasteiger partial charge in [-0.25, -0.2) is 0 Å². The largest absolute Gasteiger partial charge is 0.349 e. The molecule has 0 aliphatic rings. The fourth-order valence-corrected chi connectivity index (χ4v) is 2.56. The number of nitrogens with one attached hydrogen (secondary N) is 1. The van der Waals surface area contributed by atoms with E-state index in [1.807, 2.05) is 0 Å². The first-order valence-electron chi connectivity index (χ1n) is 7.42. The van der Waals surface area contributed by atoms with Crippen molar-refractivity contribution in [2.75, 3.05) is 6.54 Å². The van der Waals surface area contributed by atoms with Crippen LogP contribution in [0.1, 0.15) is 57.0 Å². The lowest BCUT2D eigenvalue weighted by Gasteiger charge is -2.08. The van der Waals surface area contributed by atoms with E-state index in [0.717, 1.165) is 25.6 Å². The van der Waals surface area contributed by atoms with E-state index < -0.39 is 0 Å². The summed E-state index contributed by atoms with van der Waals surface area (Å²) in [5.41, 5.74) is 4.26. The summed E-state index contributed by atoms with van der Waals surface area (Å²) in [7, 11) is 0. The first kappa shape index (κ1) is 15.3. The third-order valence-electron chi connectivity index (χ3n) is 3.70. The summed E-state index contributed by atoms with van der Waals surface area (Å²) in [6.45, 7) is 14.5. The first-order valence-corrected chi connectivity index (χ1v) is 7.42. The van der Waals surface area contributed by atoms with E-state index in [4.69, 9.17) is 0 Å². The summed E-state index contributed by atoms with van der Waals surface area (Å²) in [6, 6.07) is 2.32. The zero-order chi connectivity index (χ0) is 13.5. The van der Waals surface area contributed by atoms with Gasteiger partial charge < -0.3 is 9.88 Å². The van der Waals surface area contributed by atoms with Crippen molar-refractivity contribution in [3.63, 3.8) is 0 Å². The molecule has 1 aromatic heterocycles. The molecular weight excluding hydrogens is 220 g/mol. The van der Waals surface area contributed by atoms with Crippen LogP contribution in [0.25, 0.3) is 0 Å². The molecule has 1 N–H and O–H groups in total. The third kappa shape index (κ3) is 4.49. The lowest BCUT2D eigenvalue weighted by atomic mass is 10.1. The molecule has 0 aliphatic heterocycles. The van der Waals surface area contributed by atoms with E-state index in [2.05, 4.69) is 50.6 Å². The molecule has 0 bridgehead atoms. The fraction of sp³-hybridized carbons (Fsp3) is 0.750. The molecule has 2 heteroatoms. The molecule has 0 amide bonds. The smallest absolute Gasteiger partial charge is 0.0223 e. The Labute approximate surface area is 113 Å². The van der Waals surface area contributed by atoms with Crippen molar-refractivity contribution in [1.29, 1.82) is 0 Å². The molecule has 104 valence electrons. The predicted molar refractivity (Wildman–Crippen MR) is 80.0 cm³/mol. The average Bonchev–Trinajstić information content (AvgIpc) is 2.58. The molecule has 0 atom stereocenters. The van der Waals surface area contributed by atoms with Crippen molar-refractivity contribution in [2.45, 2.75) is 67.0 Å². The van der Waals surface area contributed by atoms with Gasteiger partial charge in [0.15, 0.2) is 0 Å². The van der Waals surface area contributed by atoms with Crippen LogP contribution in [0.5, 0.6) is 0 Å². The second-order valence-electron chi connectivity index (χ2n) is 5.71. The van der Waals surface area contributed by atoms with Gasteiger partial charge in [-0.15, -0.1) is 0 Å². The van der Waals surface area contributed by atoms with Gasteiger partial charge in [0, 0.05) is 24.5 Å². The zero-order valence-corrected chi connectivity index (χ0v) is 12.8. The highest BCUT2D eigenvalue weighted by atomic mass is 15.0. The maximum Gasteiger partial charge on any atom is 0.0223 e. The minimum atomic E-state index is 0.841. The van der Waals surface area contributed by atoms with Crippen LogP contribution in [0.3, 0.4) is 0 Å². The van der Waals surface area contributed by atoms with Gasteiger partial charge >= 0.3 is 0 Å². The summed E-state index contributed by atoms with van der Waals surface area (Å²) in [5.74, 6) is 0.841. The number of rotatable bonds is 8. The molecule has 0 aliphatic carbocycles. The summed E-state index contributed by atoms with van der Waals surface area (Å²) in [5, 5.41) is 3.57. The standard InChI is InChI=1S/C16H30N2/c1-6-18-14(4)11-16(15(18)5)12-17-10-8-7-9-13(2)3/h11,13,17H,6-10,12H2,1-5H3. The summed E-state index contributed by atoms with van der Waals surface area (Å²) in [6.07, 6.45) is 4.00.